The van der Waals surface area contributed by atoms with Crippen LogP contribution in [0.4, 0.5) is 4.39 Å². The van der Waals surface area contributed by atoms with Gasteiger partial charge < -0.3 is 4.18 Å². The molecule has 0 aliphatic heterocycles. The molecule has 0 saturated carbocycles. The van der Waals surface area contributed by atoms with Gasteiger partial charge in [-0.2, -0.15) is 13.5 Å². The van der Waals surface area contributed by atoms with Crippen molar-refractivity contribution < 1.29 is 17.0 Å². The molecule has 5 nitrogen and oxygen atoms in total. The van der Waals surface area contributed by atoms with Gasteiger partial charge in [-0.3, -0.25) is 0 Å². The lowest BCUT2D eigenvalue weighted by Crippen LogP contribution is -2.11. The van der Waals surface area contributed by atoms with Crippen LogP contribution in [0.5, 0.6) is 5.75 Å². The molecule has 0 radical (unpaired) electrons. The quantitative estimate of drug-likeness (QED) is 0.632. The Labute approximate surface area is 140 Å². The predicted molar refractivity (Wildman–Crippen MR) is 85.5 cm³/mol. The monoisotopic (exact) mass is 396 g/mol. The Morgan fingerprint density at radius 1 is 1.13 bits per heavy atom. The number of aromatic nitrogens is 2. The Morgan fingerprint density at radius 2 is 1.87 bits per heavy atom. The van der Waals surface area contributed by atoms with Crippen LogP contribution in [0.2, 0.25) is 0 Å². The van der Waals surface area contributed by atoms with Gasteiger partial charge in [0.05, 0.1) is 5.69 Å². The summed E-state index contributed by atoms with van der Waals surface area (Å²) in [6, 6.07) is 11.6. The Balaban J connectivity index is 1.87. The Bertz CT molecular complexity index is 926. The molecule has 0 bridgehead atoms. The van der Waals surface area contributed by atoms with E-state index in [1.807, 2.05) is 0 Å². The number of benzene rings is 2. The Morgan fingerprint density at radius 3 is 2.52 bits per heavy atom. The summed E-state index contributed by atoms with van der Waals surface area (Å²) in [5, 5.41) is 4.06. The topological polar surface area (TPSA) is 61.2 Å². The largest absolute Gasteiger partial charge is 0.379 e. The second-order valence-corrected chi connectivity index (χ2v) is 6.99. The molecule has 0 unspecified atom stereocenters. The van der Waals surface area contributed by atoms with E-state index in [2.05, 4.69) is 21.0 Å². The first-order valence-corrected chi connectivity index (χ1v) is 8.65. The average Bonchev–Trinajstić information content (AvgIpc) is 3.04. The van der Waals surface area contributed by atoms with Crippen molar-refractivity contribution in [1.29, 1.82) is 0 Å². The zero-order valence-corrected chi connectivity index (χ0v) is 14.0. The average molecular weight is 397 g/mol. The van der Waals surface area contributed by atoms with Gasteiger partial charge in [-0.25, -0.2) is 9.07 Å². The molecule has 0 aliphatic rings. The van der Waals surface area contributed by atoms with Crippen molar-refractivity contribution in [2.75, 3.05) is 0 Å². The zero-order chi connectivity index (χ0) is 16.4. The second-order valence-electron chi connectivity index (χ2n) is 4.56. The van der Waals surface area contributed by atoms with Crippen molar-refractivity contribution in [3.63, 3.8) is 0 Å². The molecule has 1 heterocycles. The zero-order valence-electron chi connectivity index (χ0n) is 11.6. The smallest absolute Gasteiger partial charge is 0.342 e. The Kier molecular flexibility index (Phi) is 4.18. The predicted octanol–water partition coefficient (Wildman–Crippen LogP) is 3.54. The van der Waals surface area contributed by atoms with Gasteiger partial charge in [0.1, 0.15) is 16.5 Å². The number of rotatable bonds is 4. The van der Waals surface area contributed by atoms with Crippen molar-refractivity contribution in [2.45, 2.75) is 4.90 Å². The maximum atomic E-state index is 13.7. The summed E-state index contributed by atoms with van der Waals surface area (Å²) in [6.07, 6.45) is 3.38. The molecule has 0 spiro atoms. The van der Waals surface area contributed by atoms with Crippen LogP contribution in [0.3, 0.4) is 0 Å². The number of hydrogen-bond donors (Lipinski definition) is 0. The standard InChI is InChI=1S/C15H10BrFN2O3S/c16-11-2-7-14(17)15(10-11)23(20,21)22-13-5-3-12(4-6-13)19-9-1-8-18-19/h1-10H. The molecular weight excluding hydrogens is 387 g/mol. The van der Waals surface area contributed by atoms with Gasteiger partial charge in [0.15, 0.2) is 0 Å². The van der Waals surface area contributed by atoms with Gasteiger partial charge >= 0.3 is 10.1 Å². The summed E-state index contributed by atoms with van der Waals surface area (Å²) >= 11 is 3.11. The van der Waals surface area contributed by atoms with Crippen LogP contribution in [0, 0.1) is 5.82 Å². The maximum absolute atomic E-state index is 13.7. The van der Waals surface area contributed by atoms with E-state index in [1.54, 1.807) is 35.3 Å². The van der Waals surface area contributed by atoms with Gasteiger partial charge in [-0.05, 0) is 48.5 Å². The van der Waals surface area contributed by atoms with Crippen molar-refractivity contribution in [3.05, 3.63) is 71.2 Å². The van der Waals surface area contributed by atoms with Crippen LogP contribution < -0.4 is 4.18 Å². The first kappa shape index (κ1) is 15.7. The summed E-state index contributed by atoms with van der Waals surface area (Å²) in [4.78, 5) is -0.525. The van der Waals surface area contributed by atoms with Gasteiger partial charge in [-0.1, -0.05) is 15.9 Å². The van der Waals surface area contributed by atoms with E-state index >= 15 is 0 Å². The molecule has 2 aromatic carbocycles. The molecule has 3 aromatic rings. The Hall–Kier alpha value is -2.19. The third-order valence-corrected chi connectivity index (χ3v) is 4.73. The molecule has 23 heavy (non-hydrogen) atoms. The first-order valence-electron chi connectivity index (χ1n) is 6.45. The summed E-state index contributed by atoms with van der Waals surface area (Å²) in [6.45, 7) is 0. The highest BCUT2D eigenvalue weighted by Gasteiger charge is 2.21. The van der Waals surface area contributed by atoms with Crippen molar-refractivity contribution >= 4 is 26.0 Å². The van der Waals surface area contributed by atoms with Gasteiger partial charge in [-0.15, -0.1) is 0 Å². The molecule has 0 aliphatic carbocycles. The minimum Gasteiger partial charge on any atom is -0.379 e. The van der Waals surface area contributed by atoms with E-state index < -0.39 is 20.8 Å². The molecule has 0 N–H and O–H groups in total. The number of hydrogen-bond acceptors (Lipinski definition) is 4. The third-order valence-electron chi connectivity index (χ3n) is 2.97. The lowest BCUT2D eigenvalue weighted by molar-refractivity contribution is 0.476. The van der Waals surface area contributed by atoms with Crippen LogP contribution >= 0.6 is 15.9 Å². The fraction of sp³-hybridized carbons (Fsp3) is 0. The van der Waals surface area contributed by atoms with Gasteiger partial charge in [0.25, 0.3) is 0 Å². The van der Waals surface area contributed by atoms with E-state index in [-0.39, 0.29) is 5.75 Å². The summed E-state index contributed by atoms with van der Waals surface area (Å²) in [7, 11) is -4.26. The maximum Gasteiger partial charge on any atom is 0.342 e. The van der Waals surface area contributed by atoms with E-state index in [1.165, 1.54) is 18.2 Å². The molecular formula is C15H10BrFN2O3S. The summed E-state index contributed by atoms with van der Waals surface area (Å²) in [5.41, 5.74) is 0.744. The molecule has 1 aromatic heterocycles. The molecule has 0 amide bonds. The van der Waals surface area contributed by atoms with Crippen LogP contribution in [0.1, 0.15) is 0 Å². The molecule has 118 valence electrons. The van der Waals surface area contributed by atoms with Crippen molar-refractivity contribution in [3.8, 4) is 11.4 Å². The highest BCUT2D eigenvalue weighted by atomic mass is 79.9. The molecule has 3 rings (SSSR count). The second kappa shape index (κ2) is 6.13. The minimum atomic E-state index is -4.26. The lowest BCUT2D eigenvalue weighted by atomic mass is 10.3. The molecule has 0 fully saturated rings. The molecule has 0 atom stereocenters. The van der Waals surface area contributed by atoms with Gasteiger partial charge in [0.2, 0.25) is 0 Å². The van der Waals surface area contributed by atoms with Gasteiger partial charge in [0, 0.05) is 16.9 Å². The highest BCUT2D eigenvalue weighted by molar-refractivity contribution is 9.10. The molecule has 8 heteroatoms. The van der Waals surface area contributed by atoms with Crippen molar-refractivity contribution in [2.24, 2.45) is 0 Å². The van der Waals surface area contributed by atoms with E-state index in [9.17, 15) is 12.8 Å². The minimum absolute atomic E-state index is 0.0836. The van der Waals surface area contributed by atoms with Crippen LogP contribution in [0.25, 0.3) is 5.69 Å². The third kappa shape index (κ3) is 3.43. The fourth-order valence-corrected chi connectivity index (χ4v) is 3.46. The normalized spacial score (nSPS) is 11.4. The van der Waals surface area contributed by atoms with Crippen LogP contribution in [0.15, 0.2) is 70.3 Å². The lowest BCUT2D eigenvalue weighted by Gasteiger charge is -2.09. The van der Waals surface area contributed by atoms with Crippen LogP contribution in [-0.2, 0) is 10.1 Å². The van der Waals surface area contributed by atoms with E-state index in [4.69, 9.17) is 4.18 Å². The summed E-state index contributed by atoms with van der Waals surface area (Å²) < 4.78 is 45.1. The summed E-state index contributed by atoms with van der Waals surface area (Å²) in [5.74, 6) is -0.790. The fourth-order valence-electron chi connectivity index (χ4n) is 1.92. The highest BCUT2D eigenvalue weighted by Crippen LogP contribution is 2.24. The molecule has 0 saturated heterocycles. The number of halogens is 2. The first-order chi connectivity index (χ1) is 11.0. The van der Waals surface area contributed by atoms with Crippen molar-refractivity contribution in [1.82, 2.24) is 9.78 Å². The SMILES string of the molecule is O=S(=O)(Oc1ccc(-n2cccn2)cc1)c1cc(Br)ccc1F. The van der Waals surface area contributed by atoms with E-state index in [0.717, 1.165) is 17.8 Å². The number of nitrogens with zero attached hydrogens (tertiary/aromatic N) is 2. The van der Waals surface area contributed by atoms with E-state index in [0.29, 0.717) is 4.47 Å². The van der Waals surface area contributed by atoms with Crippen LogP contribution in [-0.4, -0.2) is 18.2 Å².